The van der Waals surface area contributed by atoms with Crippen LogP contribution >= 0.6 is 11.6 Å². The predicted molar refractivity (Wildman–Crippen MR) is 80.9 cm³/mol. The van der Waals surface area contributed by atoms with Gasteiger partial charge in [-0.2, -0.15) is 0 Å². The lowest BCUT2D eigenvalue weighted by Crippen LogP contribution is -2.18. The van der Waals surface area contributed by atoms with Crippen molar-refractivity contribution in [1.82, 2.24) is 0 Å². The van der Waals surface area contributed by atoms with Crippen LogP contribution in [0.1, 0.15) is 21.8 Å². The molecule has 0 radical (unpaired) electrons. The van der Waals surface area contributed by atoms with Crippen molar-refractivity contribution in [2.24, 2.45) is 4.99 Å². The molecular formula is C16H10ClNO4. The van der Waals surface area contributed by atoms with Crippen molar-refractivity contribution in [3.8, 4) is 17.2 Å². The van der Waals surface area contributed by atoms with Crippen molar-refractivity contribution in [2.45, 2.75) is 5.92 Å². The lowest BCUT2D eigenvalue weighted by molar-refractivity contribution is 0.0979. The Morgan fingerprint density at radius 2 is 2.14 bits per heavy atom. The molecule has 0 bridgehead atoms. The number of nitrogens with zero attached hydrogens (tertiary/aromatic N) is 1. The summed E-state index contributed by atoms with van der Waals surface area (Å²) >= 11 is 5.98. The van der Waals surface area contributed by atoms with Gasteiger partial charge < -0.3 is 14.6 Å². The lowest BCUT2D eigenvalue weighted by atomic mass is 9.88. The number of ether oxygens (including phenoxy) is 2. The normalized spacial score (nSPS) is 18.4. The Morgan fingerprint density at radius 3 is 2.95 bits per heavy atom. The minimum Gasteiger partial charge on any atom is -0.504 e. The summed E-state index contributed by atoms with van der Waals surface area (Å²) in [6.07, 6.45) is 1.55. The summed E-state index contributed by atoms with van der Waals surface area (Å²) < 4.78 is 10.4. The quantitative estimate of drug-likeness (QED) is 0.875. The average Bonchev–Trinajstić information content (AvgIpc) is 2.96. The molecule has 2 aliphatic heterocycles. The molecule has 1 atom stereocenters. The molecule has 2 aliphatic rings. The molecule has 0 amide bonds. The largest absolute Gasteiger partial charge is 0.504 e. The SMILES string of the molecule is O=C1c2c(cc3c(c2O)OCO3)N=CC1c1cccc(Cl)c1. The monoisotopic (exact) mass is 315 g/mol. The van der Waals surface area contributed by atoms with Crippen molar-refractivity contribution in [3.63, 3.8) is 0 Å². The number of fused-ring (bicyclic) bond motifs is 2. The van der Waals surface area contributed by atoms with Crippen LogP contribution in [0.2, 0.25) is 5.02 Å². The van der Waals surface area contributed by atoms with Gasteiger partial charge in [-0.05, 0) is 17.7 Å². The van der Waals surface area contributed by atoms with Gasteiger partial charge in [0.05, 0.1) is 17.2 Å². The van der Waals surface area contributed by atoms with Crippen LogP contribution in [0.3, 0.4) is 0 Å². The summed E-state index contributed by atoms with van der Waals surface area (Å²) in [5, 5.41) is 10.9. The second-order valence-electron chi connectivity index (χ2n) is 5.03. The van der Waals surface area contributed by atoms with E-state index in [4.69, 9.17) is 21.1 Å². The van der Waals surface area contributed by atoms with Gasteiger partial charge in [0, 0.05) is 17.3 Å². The fraction of sp³-hybridized carbons (Fsp3) is 0.125. The zero-order chi connectivity index (χ0) is 15.3. The van der Waals surface area contributed by atoms with Gasteiger partial charge >= 0.3 is 0 Å². The Hall–Kier alpha value is -2.53. The third kappa shape index (κ3) is 1.86. The highest BCUT2D eigenvalue weighted by atomic mass is 35.5. The second-order valence-corrected chi connectivity index (χ2v) is 5.46. The van der Waals surface area contributed by atoms with E-state index >= 15 is 0 Å². The number of ketones is 1. The maximum absolute atomic E-state index is 12.8. The Balaban J connectivity index is 1.84. The van der Waals surface area contributed by atoms with Crippen molar-refractivity contribution in [3.05, 3.63) is 46.5 Å². The van der Waals surface area contributed by atoms with Crippen molar-refractivity contribution in [1.29, 1.82) is 0 Å². The maximum Gasteiger partial charge on any atom is 0.231 e. The Morgan fingerprint density at radius 1 is 1.27 bits per heavy atom. The van der Waals surface area contributed by atoms with Crippen LogP contribution in [-0.4, -0.2) is 23.9 Å². The number of hydrogen-bond acceptors (Lipinski definition) is 5. The highest BCUT2D eigenvalue weighted by Crippen LogP contribution is 2.49. The van der Waals surface area contributed by atoms with Gasteiger partial charge in [0.25, 0.3) is 0 Å². The van der Waals surface area contributed by atoms with E-state index in [0.29, 0.717) is 16.5 Å². The number of phenolic OH excluding ortho intramolecular Hbond substituents is 1. The first kappa shape index (κ1) is 13.2. The van der Waals surface area contributed by atoms with Crippen LogP contribution in [0.15, 0.2) is 35.3 Å². The van der Waals surface area contributed by atoms with Gasteiger partial charge in [-0.25, -0.2) is 0 Å². The number of phenols is 1. The molecule has 110 valence electrons. The lowest BCUT2D eigenvalue weighted by Gasteiger charge is -2.19. The number of halogens is 1. The zero-order valence-electron chi connectivity index (χ0n) is 11.2. The van der Waals surface area contributed by atoms with Crippen LogP contribution in [0.4, 0.5) is 5.69 Å². The van der Waals surface area contributed by atoms with E-state index < -0.39 is 5.92 Å². The number of hydrogen-bond donors (Lipinski definition) is 1. The molecule has 0 saturated carbocycles. The van der Waals surface area contributed by atoms with Gasteiger partial charge in [-0.15, -0.1) is 0 Å². The minimum absolute atomic E-state index is 0.0153. The third-order valence-electron chi connectivity index (χ3n) is 3.72. The number of benzene rings is 2. The topological polar surface area (TPSA) is 68.1 Å². The molecule has 4 rings (SSSR count). The standard InChI is InChI=1S/C16H10ClNO4/c17-9-3-1-2-8(4-9)10-6-18-11-5-12-16(22-7-21-12)15(20)13(11)14(10)19/h1-6,10,20H,7H2. The summed E-state index contributed by atoms with van der Waals surface area (Å²) in [5.41, 5.74) is 1.26. The maximum atomic E-state index is 12.8. The number of Topliss-reactive ketones (excluding diaryl/α,β-unsaturated/α-hetero) is 1. The predicted octanol–water partition coefficient (Wildman–Crippen LogP) is 3.46. The molecule has 0 spiro atoms. The molecule has 0 fully saturated rings. The minimum atomic E-state index is -0.586. The summed E-state index contributed by atoms with van der Waals surface area (Å²) in [5.74, 6) is -0.476. The number of rotatable bonds is 1. The van der Waals surface area contributed by atoms with Gasteiger partial charge in [0.1, 0.15) is 0 Å². The molecular weight excluding hydrogens is 306 g/mol. The third-order valence-corrected chi connectivity index (χ3v) is 3.95. The van der Waals surface area contributed by atoms with Crippen LogP contribution in [0.25, 0.3) is 0 Å². The fourth-order valence-corrected chi connectivity index (χ4v) is 2.87. The molecule has 22 heavy (non-hydrogen) atoms. The smallest absolute Gasteiger partial charge is 0.231 e. The van der Waals surface area contributed by atoms with E-state index in [9.17, 15) is 9.90 Å². The van der Waals surface area contributed by atoms with Crippen LogP contribution in [0, 0.1) is 0 Å². The van der Waals surface area contributed by atoms with E-state index in [1.54, 1.807) is 36.5 Å². The summed E-state index contributed by atoms with van der Waals surface area (Å²) in [4.78, 5) is 17.0. The van der Waals surface area contributed by atoms with Crippen LogP contribution in [-0.2, 0) is 0 Å². The summed E-state index contributed by atoms with van der Waals surface area (Å²) in [6.45, 7) is 0.0153. The van der Waals surface area contributed by atoms with Gasteiger partial charge in [-0.3, -0.25) is 9.79 Å². The second kappa shape index (κ2) is 4.74. The van der Waals surface area contributed by atoms with E-state index in [-0.39, 0.29) is 29.6 Å². The number of aliphatic imine (C=N–C) groups is 1. The first-order valence-electron chi connectivity index (χ1n) is 6.64. The number of carbonyl (C=O) groups is 1. The number of aromatic hydroxyl groups is 1. The number of carbonyl (C=O) groups excluding carboxylic acids is 1. The first-order chi connectivity index (χ1) is 10.6. The Labute approximate surface area is 130 Å². The summed E-state index contributed by atoms with van der Waals surface area (Å²) in [7, 11) is 0. The average molecular weight is 316 g/mol. The molecule has 0 aromatic heterocycles. The van der Waals surface area contributed by atoms with Crippen molar-refractivity contribution in [2.75, 3.05) is 6.79 Å². The van der Waals surface area contributed by atoms with Crippen LogP contribution < -0.4 is 9.47 Å². The molecule has 2 aromatic carbocycles. The fourth-order valence-electron chi connectivity index (χ4n) is 2.67. The summed E-state index contributed by atoms with van der Waals surface area (Å²) in [6, 6.07) is 8.62. The highest BCUT2D eigenvalue weighted by molar-refractivity contribution is 6.30. The molecule has 5 nitrogen and oxygen atoms in total. The molecule has 2 heterocycles. The Bertz CT molecular complexity index is 831. The molecule has 1 N–H and O–H groups in total. The zero-order valence-corrected chi connectivity index (χ0v) is 12.0. The van der Waals surface area contributed by atoms with Crippen molar-refractivity contribution >= 4 is 29.3 Å². The first-order valence-corrected chi connectivity index (χ1v) is 7.02. The molecule has 1 unspecified atom stereocenters. The van der Waals surface area contributed by atoms with E-state index in [0.717, 1.165) is 5.56 Å². The van der Waals surface area contributed by atoms with Crippen molar-refractivity contribution < 1.29 is 19.4 Å². The van der Waals surface area contributed by atoms with E-state index in [1.165, 1.54) is 0 Å². The highest BCUT2D eigenvalue weighted by Gasteiger charge is 2.33. The van der Waals surface area contributed by atoms with Gasteiger partial charge in [-0.1, -0.05) is 23.7 Å². The van der Waals surface area contributed by atoms with E-state index in [1.807, 2.05) is 0 Å². The molecule has 0 aliphatic carbocycles. The van der Waals surface area contributed by atoms with Gasteiger partial charge in [0.15, 0.2) is 17.3 Å². The molecule has 6 heteroatoms. The Kier molecular flexibility index (Phi) is 2.84. The van der Waals surface area contributed by atoms with Gasteiger partial charge in [0.2, 0.25) is 12.5 Å². The van der Waals surface area contributed by atoms with Crippen LogP contribution in [0.5, 0.6) is 17.2 Å². The molecule has 2 aromatic rings. The van der Waals surface area contributed by atoms with E-state index in [2.05, 4.69) is 4.99 Å². The molecule has 0 saturated heterocycles.